The maximum absolute atomic E-state index is 12.0. The van der Waals surface area contributed by atoms with Gasteiger partial charge in [0.15, 0.2) is 0 Å². The smallest absolute Gasteiger partial charge is 0.243 e. The van der Waals surface area contributed by atoms with E-state index in [4.69, 9.17) is 0 Å². The van der Waals surface area contributed by atoms with Crippen LogP contribution in [0, 0.1) is 0 Å². The zero-order chi connectivity index (χ0) is 12.4. The molecule has 0 bridgehead atoms. The topological polar surface area (TPSA) is 69.8 Å². The van der Waals surface area contributed by atoms with Crippen LogP contribution < -0.4 is 10.6 Å². The van der Waals surface area contributed by atoms with E-state index in [1.165, 1.54) is 5.56 Å². The standard InChI is InChI=1S/C13H14N4O/c18-13(15-7-10-6-14-8-16-10)12-5-9-3-1-2-4-11(9)17-12/h1-4,6,8,12,17H,5,7H2,(H,14,16)(H,15,18)/t12-/m0/s1. The molecule has 0 spiro atoms. The van der Waals surface area contributed by atoms with Crippen molar-refractivity contribution in [1.29, 1.82) is 0 Å². The third kappa shape index (κ3) is 2.07. The number of carbonyl (C=O) groups is 1. The maximum atomic E-state index is 12.0. The van der Waals surface area contributed by atoms with E-state index in [1.807, 2.05) is 24.3 Å². The van der Waals surface area contributed by atoms with Crippen LogP contribution in [0.15, 0.2) is 36.8 Å². The van der Waals surface area contributed by atoms with E-state index >= 15 is 0 Å². The van der Waals surface area contributed by atoms with E-state index in [0.717, 1.165) is 17.8 Å². The van der Waals surface area contributed by atoms with Gasteiger partial charge < -0.3 is 15.6 Å². The quantitative estimate of drug-likeness (QED) is 0.754. The van der Waals surface area contributed by atoms with Gasteiger partial charge in [-0.25, -0.2) is 4.98 Å². The molecule has 3 N–H and O–H groups in total. The number of hydrogen-bond acceptors (Lipinski definition) is 3. The summed E-state index contributed by atoms with van der Waals surface area (Å²) in [6.45, 7) is 0.480. The molecule has 0 saturated carbocycles. The molecule has 0 radical (unpaired) electrons. The van der Waals surface area contributed by atoms with Gasteiger partial charge in [0.05, 0.1) is 18.6 Å². The summed E-state index contributed by atoms with van der Waals surface area (Å²) in [5, 5.41) is 6.12. The van der Waals surface area contributed by atoms with Gasteiger partial charge in [0.1, 0.15) is 6.04 Å². The first-order valence-corrected chi connectivity index (χ1v) is 5.92. The molecule has 0 aliphatic carbocycles. The van der Waals surface area contributed by atoms with E-state index in [1.54, 1.807) is 12.5 Å². The Morgan fingerprint density at radius 2 is 2.33 bits per heavy atom. The number of carbonyl (C=O) groups excluding carboxylic acids is 1. The van der Waals surface area contributed by atoms with Gasteiger partial charge in [-0.15, -0.1) is 0 Å². The number of hydrogen-bond donors (Lipinski definition) is 3. The van der Waals surface area contributed by atoms with E-state index in [-0.39, 0.29) is 11.9 Å². The number of nitrogens with one attached hydrogen (secondary N) is 3. The van der Waals surface area contributed by atoms with Crippen LogP contribution in [0.3, 0.4) is 0 Å². The van der Waals surface area contributed by atoms with Crippen molar-refractivity contribution in [1.82, 2.24) is 15.3 Å². The summed E-state index contributed by atoms with van der Waals surface area (Å²) in [5.41, 5.74) is 3.15. The first-order valence-electron chi connectivity index (χ1n) is 5.92. The maximum Gasteiger partial charge on any atom is 0.243 e. The van der Waals surface area contributed by atoms with Gasteiger partial charge in [-0.1, -0.05) is 18.2 Å². The average molecular weight is 242 g/mol. The molecule has 1 aliphatic heterocycles. The zero-order valence-corrected chi connectivity index (χ0v) is 9.81. The summed E-state index contributed by atoms with van der Waals surface area (Å²) in [6, 6.07) is 7.83. The molecule has 1 aromatic heterocycles. The Kier molecular flexibility index (Phi) is 2.72. The molecule has 0 saturated heterocycles. The number of H-pyrrole nitrogens is 1. The van der Waals surface area contributed by atoms with Gasteiger partial charge in [-0.2, -0.15) is 0 Å². The highest BCUT2D eigenvalue weighted by atomic mass is 16.2. The molecule has 1 aromatic carbocycles. The minimum atomic E-state index is -0.176. The summed E-state index contributed by atoms with van der Waals surface area (Å²) in [5.74, 6) is 0.0146. The lowest BCUT2D eigenvalue weighted by Crippen LogP contribution is -2.38. The second-order valence-electron chi connectivity index (χ2n) is 4.35. The molecule has 1 aliphatic rings. The predicted octanol–water partition coefficient (Wildman–Crippen LogP) is 1.06. The summed E-state index contributed by atoms with van der Waals surface area (Å²) in [7, 11) is 0. The van der Waals surface area contributed by atoms with Gasteiger partial charge in [-0.3, -0.25) is 4.79 Å². The van der Waals surface area contributed by atoms with Crippen molar-refractivity contribution in [3.05, 3.63) is 48.0 Å². The van der Waals surface area contributed by atoms with E-state index in [2.05, 4.69) is 20.6 Å². The normalized spacial score (nSPS) is 17.0. The van der Waals surface area contributed by atoms with Crippen molar-refractivity contribution in [2.24, 2.45) is 0 Å². The molecule has 5 nitrogen and oxygen atoms in total. The minimum absolute atomic E-state index is 0.0146. The van der Waals surface area contributed by atoms with Crippen LogP contribution >= 0.6 is 0 Å². The van der Waals surface area contributed by atoms with Crippen molar-refractivity contribution in [3.63, 3.8) is 0 Å². The van der Waals surface area contributed by atoms with Crippen LogP contribution in [0.4, 0.5) is 5.69 Å². The van der Waals surface area contributed by atoms with E-state index in [0.29, 0.717) is 6.54 Å². The van der Waals surface area contributed by atoms with Crippen molar-refractivity contribution < 1.29 is 4.79 Å². The number of para-hydroxylation sites is 1. The fourth-order valence-electron chi connectivity index (χ4n) is 2.14. The third-order valence-corrected chi connectivity index (χ3v) is 3.10. The number of anilines is 1. The van der Waals surface area contributed by atoms with E-state index < -0.39 is 0 Å². The third-order valence-electron chi connectivity index (χ3n) is 3.10. The molecular formula is C13H14N4O. The highest BCUT2D eigenvalue weighted by Gasteiger charge is 2.25. The zero-order valence-electron chi connectivity index (χ0n) is 9.81. The fraction of sp³-hybridized carbons (Fsp3) is 0.231. The van der Waals surface area contributed by atoms with Crippen molar-refractivity contribution in [2.45, 2.75) is 19.0 Å². The molecule has 2 aromatic rings. The molecule has 5 heteroatoms. The number of rotatable bonds is 3. The molecule has 18 heavy (non-hydrogen) atoms. The first-order chi connectivity index (χ1) is 8.83. The molecule has 92 valence electrons. The molecular weight excluding hydrogens is 228 g/mol. The lowest BCUT2D eigenvalue weighted by Gasteiger charge is -2.11. The number of aromatic nitrogens is 2. The van der Waals surface area contributed by atoms with Gasteiger partial charge in [0.25, 0.3) is 0 Å². The second-order valence-corrected chi connectivity index (χ2v) is 4.35. The van der Waals surface area contributed by atoms with E-state index in [9.17, 15) is 4.79 Å². The molecule has 0 fully saturated rings. The van der Waals surface area contributed by atoms with Gasteiger partial charge >= 0.3 is 0 Å². The van der Waals surface area contributed by atoms with Crippen molar-refractivity contribution >= 4 is 11.6 Å². The number of fused-ring (bicyclic) bond motifs is 1. The first kappa shape index (κ1) is 10.8. The molecule has 1 amide bonds. The van der Waals surface area contributed by atoms with Crippen LogP contribution in [0.1, 0.15) is 11.3 Å². The molecule has 1 atom stereocenters. The van der Waals surface area contributed by atoms with Crippen LogP contribution in [-0.2, 0) is 17.8 Å². The van der Waals surface area contributed by atoms with Gasteiger partial charge in [-0.05, 0) is 11.6 Å². The van der Waals surface area contributed by atoms with Gasteiger partial charge in [0.2, 0.25) is 5.91 Å². The average Bonchev–Trinajstić information content (AvgIpc) is 3.04. The summed E-state index contributed by atoms with van der Waals surface area (Å²) in [6.07, 6.45) is 4.05. The second kappa shape index (κ2) is 4.52. The summed E-state index contributed by atoms with van der Waals surface area (Å²) >= 11 is 0. The number of amides is 1. The Balaban J connectivity index is 1.59. The SMILES string of the molecule is O=C(NCc1cnc[nH]1)[C@@H]1Cc2ccccc2N1. The van der Waals surface area contributed by atoms with Crippen molar-refractivity contribution in [2.75, 3.05) is 5.32 Å². The van der Waals surface area contributed by atoms with Crippen LogP contribution in [0.25, 0.3) is 0 Å². The highest BCUT2D eigenvalue weighted by molar-refractivity contribution is 5.87. The Hall–Kier alpha value is -2.30. The summed E-state index contributed by atoms with van der Waals surface area (Å²) < 4.78 is 0. The Morgan fingerprint density at radius 1 is 1.44 bits per heavy atom. The van der Waals surface area contributed by atoms with Crippen LogP contribution in [-0.4, -0.2) is 21.9 Å². The fourth-order valence-corrected chi connectivity index (χ4v) is 2.14. The van der Waals surface area contributed by atoms with Crippen LogP contribution in [0.2, 0.25) is 0 Å². The lowest BCUT2D eigenvalue weighted by atomic mass is 10.1. The van der Waals surface area contributed by atoms with Crippen molar-refractivity contribution in [3.8, 4) is 0 Å². The Morgan fingerprint density at radius 3 is 3.11 bits per heavy atom. The largest absolute Gasteiger partial charge is 0.373 e. The number of nitrogens with zero attached hydrogens (tertiary/aromatic N) is 1. The Bertz CT molecular complexity index is 525. The highest BCUT2D eigenvalue weighted by Crippen LogP contribution is 2.24. The number of aromatic amines is 1. The molecule has 2 heterocycles. The van der Waals surface area contributed by atoms with Crippen LogP contribution in [0.5, 0.6) is 0 Å². The van der Waals surface area contributed by atoms with Gasteiger partial charge in [0, 0.05) is 18.3 Å². The summed E-state index contributed by atoms with van der Waals surface area (Å²) in [4.78, 5) is 18.9. The molecule has 3 rings (SSSR count). The molecule has 0 unspecified atom stereocenters. The predicted molar refractivity (Wildman–Crippen MR) is 68.0 cm³/mol. The number of benzene rings is 1. The minimum Gasteiger partial charge on any atom is -0.373 e. The lowest BCUT2D eigenvalue weighted by molar-refractivity contribution is -0.121. The number of imidazole rings is 1. The Labute approximate surface area is 105 Å². The monoisotopic (exact) mass is 242 g/mol.